The number of likely N-dealkylation sites (tertiary alicyclic amines) is 1. The Labute approximate surface area is 228 Å². The number of benzene rings is 2. The number of fused-ring (bicyclic) bond motifs is 1. The van der Waals surface area contributed by atoms with E-state index in [9.17, 15) is 9.59 Å². The number of amides is 2. The van der Waals surface area contributed by atoms with Crippen molar-refractivity contribution in [2.45, 2.75) is 62.3 Å². The van der Waals surface area contributed by atoms with Crippen LogP contribution in [0.4, 0.5) is 5.69 Å². The van der Waals surface area contributed by atoms with Crippen molar-refractivity contribution in [2.75, 3.05) is 18.4 Å². The van der Waals surface area contributed by atoms with Crippen LogP contribution in [0, 0.1) is 13.8 Å². The summed E-state index contributed by atoms with van der Waals surface area (Å²) in [6.07, 6.45) is 6.50. The van der Waals surface area contributed by atoms with Crippen LogP contribution in [0.15, 0.2) is 53.4 Å². The molecule has 1 aliphatic carbocycles. The smallest absolute Gasteiger partial charge is 0.256 e. The number of nitrogens with zero attached hydrogens (tertiary/aromatic N) is 1. The summed E-state index contributed by atoms with van der Waals surface area (Å²) in [5, 5.41) is 6.60. The third kappa shape index (κ3) is 5.05. The highest BCUT2D eigenvalue weighted by Crippen LogP contribution is 2.37. The number of carbonyl (C=O) groups excluding carboxylic acids is 2. The first-order chi connectivity index (χ1) is 18.5. The van der Waals surface area contributed by atoms with Gasteiger partial charge in [-0.15, -0.1) is 11.8 Å². The van der Waals surface area contributed by atoms with Crippen molar-refractivity contribution in [1.29, 1.82) is 0 Å². The van der Waals surface area contributed by atoms with Crippen molar-refractivity contribution in [1.82, 2.24) is 15.2 Å². The van der Waals surface area contributed by atoms with E-state index >= 15 is 0 Å². The first-order valence-corrected chi connectivity index (χ1v) is 14.5. The third-order valence-electron chi connectivity index (χ3n) is 7.86. The maximum atomic E-state index is 13.7. The lowest BCUT2D eigenvalue weighted by molar-refractivity contribution is -0.110. The van der Waals surface area contributed by atoms with Crippen LogP contribution in [0.5, 0.6) is 0 Å². The number of anilines is 1. The second-order valence-corrected chi connectivity index (χ2v) is 11.7. The molecule has 0 radical (unpaired) electrons. The summed E-state index contributed by atoms with van der Waals surface area (Å²) in [6, 6.07) is 17.4. The molecular formula is C31H34N4O2S. The van der Waals surface area contributed by atoms with Crippen LogP contribution < -0.4 is 10.6 Å². The van der Waals surface area contributed by atoms with Crippen LogP contribution in [0.1, 0.15) is 64.1 Å². The Balaban J connectivity index is 1.24. The van der Waals surface area contributed by atoms with Gasteiger partial charge in [-0.25, -0.2) is 0 Å². The number of carbonyl (C=O) groups is 2. The minimum Gasteiger partial charge on any atom is -0.358 e. The van der Waals surface area contributed by atoms with Gasteiger partial charge >= 0.3 is 0 Å². The van der Waals surface area contributed by atoms with Crippen LogP contribution in [-0.4, -0.2) is 46.9 Å². The van der Waals surface area contributed by atoms with Gasteiger partial charge in [0, 0.05) is 58.5 Å². The SMILES string of the molecule is Cc1[nH]c(/C=C2\C(=O)Nc3ccc(SCc4ccccc4)cc32)c(C)c1C(=O)N1CCC[C@H]1CNC1CC1. The zero-order valence-corrected chi connectivity index (χ0v) is 22.8. The minimum atomic E-state index is -0.115. The predicted molar refractivity (Wildman–Crippen MR) is 154 cm³/mol. The van der Waals surface area contributed by atoms with E-state index in [1.165, 1.54) is 18.4 Å². The van der Waals surface area contributed by atoms with Gasteiger partial charge in [0.15, 0.2) is 0 Å². The van der Waals surface area contributed by atoms with Crippen molar-refractivity contribution in [2.24, 2.45) is 0 Å². The highest BCUT2D eigenvalue weighted by molar-refractivity contribution is 7.98. The van der Waals surface area contributed by atoms with Crippen LogP contribution in [0.25, 0.3) is 11.6 Å². The molecule has 2 fully saturated rings. The lowest BCUT2D eigenvalue weighted by atomic mass is 10.0. The molecule has 6 nitrogen and oxygen atoms in total. The number of hydrogen-bond acceptors (Lipinski definition) is 4. The molecule has 2 aromatic carbocycles. The summed E-state index contributed by atoms with van der Waals surface area (Å²) >= 11 is 1.76. The number of hydrogen-bond donors (Lipinski definition) is 3. The average molecular weight is 527 g/mol. The molecule has 3 aromatic rings. The molecule has 0 bridgehead atoms. The molecular weight excluding hydrogens is 492 g/mol. The second-order valence-electron chi connectivity index (χ2n) is 10.6. The summed E-state index contributed by atoms with van der Waals surface area (Å²) in [7, 11) is 0. The lowest BCUT2D eigenvalue weighted by Crippen LogP contribution is -2.42. The lowest BCUT2D eigenvalue weighted by Gasteiger charge is -2.25. The number of thioether (sulfide) groups is 1. The number of aromatic amines is 1. The topological polar surface area (TPSA) is 77.2 Å². The summed E-state index contributed by atoms with van der Waals surface area (Å²) in [6.45, 7) is 5.61. The van der Waals surface area contributed by atoms with Crippen LogP contribution in [0.3, 0.4) is 0 Å². The normalized spacial score (nSPS) is 19.7. The Morgan fingerprint density at radius 2 is 1.95 bits per heavy atom. The molecule has 0 spiro atoms. The quantitative estimate of drug-likeness (QED) is 0.257. The zero-order chi connectivity index (χ0) is 26.2. The van der Waals surface area contributed by atoms with E-state index in [1.807, 2.05) is 37.0 Å². The Morgan fingerprint density at radius 1 is 1.13 bits per heavy atom. The highest BCUT2D eigenvalue weighted by Gasteiger charge is 2.33. The number of rotatable bonds is 8. The van der Waals surface area contributed by atoms with E-state index in [4.69, 9.17) is 0 Å². The second kappa shape index (κ2) is 10.5. The van der Waals surface area contributed by atoms with Crippen LogP contribution in [0.2, 0.25) is 0 Å². The third-order valence-corrected chi connectivity index (χ3v) is 8.92. The zero-order valence-electron chi connectivity index (χ0n) is 22.0. The summed E-state index contributed by atoms with van der Waals surface area (Å²) < 4.78 is 0. The number of aryl methyl sites for hydroxylation is 1. The predicted octanol–water partition coefficient (Wildman–Crippen LogP) is 5.77. The molecule has 0 unspecified atom stereocenters. The van der Waals surface area contributed by atoms with Gasteiger partial charge in [-0.2, -0.15) is 0 Å². The van der Waals surface area contributed by atoms with Crippen molar-refractivity contribution in [3.05, 3.63) is 82.2 Å². The van der Waals surface area contributed by atoms with Crippen LogP contribution >= 0.6 is 11.8 Å². The molecule has 6 rings (SSSR count). The maximum absolute atomic E-state index is 13.7. The molecule has 2 aliphatic heterocycles. The summed E-state index contributed by atoms with van der Waals surface area (Å²) in [5.41, 5.74) is 6.92. The molecule has 7 heteroatoms. The van der Waals surface area contributed by atoms with Crippen molar-refractivity contribution >= 4 is 40.9 Å². The first kappa shape index (κ1) is 25.0. The van der Waals surface area contributed by atoms with Crippen LogP contribution in [-0.2, 0) is 10.5 Å². The monoisotopic (exact) mass is 526 g/mol. The molecule has 3 N–H and O–H groups in total. The van der Waals surface area contributed by atoms with E-state index in [0.717, 1.165) is 70.3 Å². The van der Waals surface area contributed by atoms with Crippen molar-refractivity contribution < 1.29 is 9.59 Å². The van der Waals surface area contributed by atoms with Gasteiger partial charge in [-0.3, -0.25) is 9.59 Å². The van der Waals surface area contributed by atoms with Gasteiger partial charge < -0.3 is 20.5 Å². The van der Waals surface area contributed by atoms with Gasteiger partial charge in [0.2, 0.25) is 0 Å². The summed E-state index contributed by atoms with van der Waals surface area (Å²) in [4.78, 5) is 33.2. The fourth-order valence-electron chi connectivity index (χ4n) is 5.57. The maximum Gasteiger partial charge on any atom is 0.256 e. The molecule has 38 heavy (non-hydrogen) atoms. The van der Waals surface area contributed by atoms with Gasteiger partial charge in [-0.1, -0.05) is 30.3 Å². The molecule has 1 saturated carbocycles. The molecule has 196 valence electrons. The Bertz CT molecular complexity index is 1410. The highest BCUT2D eigenvalue weighted by atomic mass is 32.2. The number of nitrogens with one attached hydrogen (secondary N) is 3. The first-order valence-electron chi connectivity index (χ1n) is 13.6. The van der Waals surface area contributed by atoms with E-state index in [2.05, 4.69) is 52.0 Å². The van der Waals surface area contributed by atoms with Gasteiger partial charge in [0.25, 0.3) is 11.8 Å². The molecule has 1 aromatic heterocycles. The van der Waals surface area contributed by atoms with Crippen molar-refractivity contribution in [3.8, 4) is 0 Å². The van der Waals surface area contributed by atoms with Gasteiger partial charge in [0.05, 0.1) is 11.1 Å². The largest absolute Gasteiger partial charge is 0.358 e. The fourth-order valence-corrected chi connectivity index (χ4v) is 6.47. The van der Waals surface area contributed by atoms with E-state index in [-0.39, 0.29) is 17.9 Å². The summed E-state index contributed by atoms with van der Waals surface area (Å²) in [5.74, 6) is 0.848. The molecule has 1 atom stereocenters. The number of H-pyrrole nitrogens is 1. The minimum absolute atomic E-state index is 0.0943. The van der Waals surface area contributed by atoms with Crippen molar-refractivity contribution in [3.63, 3.8) is 0 Å². The van der Waals surface area contributed by atoms with Gasteiger partial charge in [0.1, 0.15) is 0 Å². The molecule has 3 heterocycles. The Hall–Kier alpha value is -3.29. The Morgan fingerprint density at radius 3 is 2.74 bits per heavy atom. The Kier molecular flexibility index (Phi) is 6.89. The molecule has 2 amide bonds. The van der Waals surface area contributed by atoms with Gasteiger partial charge in [-0.05, 0) is 74.9 Å². The number of aromatic nitrogens is 1. The molecule has 1 saturated heterocycles. The van der Waals surface area contributed by atoms with E-state index in [1.54, 1.807) is 11.8 Å². The average Bonchev–Trinajstić information content (AvgIpc) is 3.44. The van der Waals surface area contributed by atoms with E-state index in [0.29, 0.717) is 11.6 Å². The fraction of sp³-hybridized carbons (Fsp3) is 0.355. The van der Waals surface area contributed by atoms with E-state index < -0.39 is 0 Å². The molecule has 3 aliphatic rings. The standard InChI is InChI=1S/C31H34N4O2S/c1-19-28(33-20(2)29(19)31(37)35-14-6-9-23(35)17-32-22-10-11-22)16-26-25-15-24(12-13-27(25)34-30(26)36)38-18-21-7-4-3-5-8-21/h3-5,7-8,12-13,15-16,22-23,32-33H,6,9-11,14,17-18H2,1-2H3,(H,34,36)/b26-16-/t23-/m0/s1.